The summed E-state index contributed by atoms with van der Waals surface area (Å²) in [5, 5.41) is 12.2. The van der Waals surface area contributed by atoms with E-state index in [4.69, 9.17) is 5.11 Å². The van der Waals surface area contributed by atoms with Gasteiger partial charge in [0, 0.05) is 74.9 Å². The van der Waals surface area contributed by atoms with Crippen LogP contribution in [0.2, 0.25) is 0 Å². The van der Waals surface area contributed by atoms with Gasteiger partial charge in [-0.05, 0) is 24.4 Å². The molecule has 8 heteroatoms. The third-order valence-corrected chi connectivity index (χ3v) is 6.14. The molecule has 0 spiro atoms. The second-order valence-electron chi connectivity index (χ2n) is 8.31. The molecule has 0 radical (unpaired) electrons. The van der Waals surface area contributed by atoms with Gasteiger partial charge in [-0.15, -0.1) is 0 Å². The third-order valence-electron chi connectivity index (χ3n) is 6.14. The number of aliphatic hydroxyl groups is 1. The van der Waals surface area contributed by atoms with Crippen LogP contribution in [0.1, 0.15) is 5.56 Å². The molecule has 0 unspecified atom stereocenters. The molecule has 0 aromatic heterocycles. The van der Waals surface area contributed by atoms with Gasteiger partial charge >= 0.3 is 0 Å². The summed E-state index contributed by atoms with van der Waals surface area (Å²) in [7, 11) is 1.84. The lowest BCUT2D eigenvalue weighted by Crippen LogP contribution is -2.47. The molecule has 6 nitrogen and oxygen atoms in total. The maximum Gasteiger partial charge on any atom is 0.151 e. The molecule has 4 rings (SSSR count). The van der Waals surface area contributed by atoms with E-state index in [1.165, 1.54) is 6.07 Å². The van der Waals surface area contributed by atoms with Crippen LogP contribution in [0.3, 0.4) is 0 Å². The van der Waals surface area contributed by atoms with Crippen LogP contribution in [0.5, 0.6) is 0 Å². The van der Waals surface area contributed by atoms with Gasteiger partial charge in [0.25, 0.3) is 0 Å². The average Bonchev–Trinajstić information content (AvgIpc) is 2.88. The highest BCUT2D eigenvalue weighted by molar-refractivity contribution is 6.34. The van der Waals surface area contributed by atoms with Crippen molar-refractivity contribution in [2.24, 2.45) is 9.98 Å². The number of nitrogens with one attached hydrogen (secondary N) is 1. The summed E-state index contributed by atoms with van der Waals surface area (Å²) in [5.74, 6) is -1.13. The highest BCUT2D eigenvalue weighted by Gasteiger charge is 2.22. The van der Waals surface area contributed by atoms with Crippen molar-refractivity contribution in [2.75, 3.05) is 56.6 Å². The lowest BCUT2D eigenvalue weighted by Gasteiger charge is -2.36. The summed E-state index contributed by atoms with van der Waals surface area (Å²) in [6.45, 7) is 6.67. The van der Waals surface area contributed by atoms with E-state index >= 15 is 8.78 Å². The number of allylic oxidation sites excluding steroid dienone is 5. The Labute approximate surface area is 204 Å². The van der Waals surface area contributed by atoms with Gasteiger partial charge < -0.3 is 15.3 Å². The third kappa shape index (κ3) is 5.55. The van der Waals surface area contributed by atoms with E-state index in [0.29, 0.717) is 44.0 Å². The average molecular weight is 478 g/mol. The van der Waals surface area contributed by atoms with Crippen molar-refractivity contribution in [1.82, 2.24) is 4.90 Å². The standard InChI is InChI=1S/C27H29F2N5O/c1-30-18-20-6-4-8-22(19-5-3-7-21(15-19)31-2)27(20)32-25-16-24(29)26(17-23(25)28)34-11-9-33(10-12-34)13-14-35/h3-8,15-18,31,35H,1,9-14H2,2H3/b20-18-,32-27?. The molecular formula is C27H29F2N5O. The molecule has 35 heavy (non-hydrogen) atoms. The molecule has 1 fully saturated rings. The molecule has 2 aromatic rings. The van der Waals surface area contributed by atoms with Gasteiger partial charge in [0.15, 0.2) is 5.82 Å². The highest BCUT2D eigenvalue weighted by Crippen LogP contribution is 2.33. The molecule has 1 saturated heterocycles. The van der Waals surface area contributed by atoms with E-state index in [9.17, 15) is 0 Å². The number of benzene rings is 2. The van der Waals surface area contributed by atoms with Crippen molar-refractivity contribution in [3.05, 3.63) is 83.6 Å². The van der Waals surface area contributed by atoms with Crippen LogP contribution in [0, 0.1) is 11.6 Å². The molecule has 1 aliphatic heterocycles. The summed E-state index contributed by atoms with van der Waals surface area (Å²) < 4.78 is 30.4. The minimum Gasteiger partial charge on any atom is -0.395 e. The Balaban J connectivity index is 1.69. The molecular weight excluding hydrogens is 448 g/mol. The predicted molar refractivity (Wildman–Crippen MR) is 140 cm³/mol. The topological polar surface area (TPSA) is 63.5 Å². The van der Waals surface area contributed by atoms with Gasteiger partial charge in [-0.2, -0.15) is 0 Å². The quantitative estimate of drug-likeness (QED) is 0.579. The van der Waals surface area contributed by atoms with Gasteiger partial charge in [-0.1, -0.05) is 30.4 Å². The lowest BCUT2D eigenvalue weighted by molar-refractivity contribution is 0.188. The molecule has 2 aromatic carbocycles. The summed E-state index contributed by atoms with van der Waals surface area (Å²) in [6, 6.07) is 10.1. The molecule has 0 atom stereocenters. The van der Waals surface area contributed by atoms with Crippen molar-refractivity contribution in [3.63, 3.8) is 0 Å². The van der Waals surface area contributed by atoms with Gasteiger partial charge in [-0.25, -0.2) is 13.8 Å². The molecule has 2 aliphatic rings. The largest absolute Gasteiger partial charge is 0.395 e. The fourth-order valence-electron chi connectivity index (χ4n) is 4.29. The first-order valence-corrected chi connectivity index (χ1v) is 11.5. The molecule has 2 N–H and O–H groups in total. The summed E-state index contributed by atoms with van der Waals surface area (Å²) in [4.78, 5) is 12.4. The lowest BCUT2D eigenvalue weighted by atomic mass is 9.91. The first-order chi connectivity index (χ1) is 17.0. The fraction of sp³-hybridized carbons (Fsp3) is 0.259. The number of aliphatic hydroxyl groups excluding tert-OH is 1. The number of halogens is 2. The SMILES string of the molecule is C=N/C=C1/C=CC=C(c2cccc(NC)c2)C1=Nc1cc(F)c(N2CCN(CCO)CC2)cc1F. The fourth-order valence-corrected chi connectivity index (χ4v) is 4.29. The number of hydrogen-bond donors (Lipinski definition) is 2. The van der Waals surface area contributed by atoms with Crippen LogP contribution in [-0.2, 0) is 0 Å². The van der Waals surface area contributed by atoms with Gasteiger partial charge in [0.05, 0.1) is 18.0 Å². The number of anilines is 2. The zero-order chi connectivity index (χ0) is 24.8. The Kier molecular flexibility index (Phi) is 7.84. The van der Waals surface area contributed by atoms with Crippen molar-refractivity contribution < 1.29 is 13.9 Å². The number of β-amino-alcohol motifs (C(OH)–C–C–N with tert-alkyl or cyclic N) is 1. The van der Waals surface area contributed by atoms with Gasteiger partial charge in [-0.3, -0.25) is 9.89 Å². The highest BCUT2D eigenvalue weighted by atomic mass is 19.1. The molecule has 182 valence electrons. The van der Waals surface area contributed by atoms with Crippen LogP contribution in [0.4, 0.5) is 25.8 Å². The van der Waals surface area contributed by atoms with Gasteiger partial charge in [0.2, 0.25) is 0 Å². The van der Waals surface area contributed by atoms with Crippen LogP contribution in [0.15, 0.2) is 76.4 Å². The number of rotatable bonds is 7. The van der Waals surface area contributed by atoms with Crippen LogP contribution in [-0.4, -0.2) is 68.8 Å². The second kappa shape index (κ2) is 11.2. The first kappa shape index (κ1) is 24.5. The number of aliphatic imine (C=N–C) groups is 2. The van der Waals surface area contributed by atoms with Crippen LogP contribution >= 0.6 is 0 Å². The Morgan fingerprint density at radius 3 is 2.63 bits per heavy atom. The first-order valence-electron chi connectivity index (χ1n) is 11.5. The zero-order valence-electron chi connectivity index (χ0n) is 19.7. The maximum absolute atomic E-state index is 15.3. The van der Waals surface area contributed by atoms with Crippen molar-refractivity contribution >= 4 is 35.1 Å². The van der Waals surface area contributed by atoms with Crippen molar-refractivity contribution in [1.29, 1.82) is 0 Å². The molecule has 0 amide bonds. The summed E-state index contributed by atoms with van der Waals surface area (Å²) in [5.41, 5.74) is 3.84. The Morgan fingerprint density at radius 1 is 1.11 bits per heavy atom. The summed E-state index contributed by atoms with van der Waals surface area (Å²) in [6.07, 6.45) is 7.13. The van der Waals surface area contributed by atoms with Crippen LogP contribution in [0.25, 0.3) is 5.57 Å². The van der Waals surface area contributed by atoms with E-state index in [0.717, 1.165) is 22.9 Å². The molecule has 1 aliphatic carbocycles. The number of nitrogens with zero attached hydrogens (tertiary/aromatic N) is 4. The molecule has 0 bridgehead atoms. The van der Waals surface area contributed by atoms with E-state index in [-0.39, 0.29) is 18.0 Å². The Hall–Kier alpha value is -3.62. The van der Waals surface area contributed by atoms with Gasteiger partial charge in [0.1, 0.15) is 11.5 Å². The smallest absolute Gasteiger partial charge is 0.151 e. The van der Waals surface area contributed by atoms with Crippen molar-refractivity contribution in [2.45, 2.75) is 0 Å². The Bertz CT molecular complexity index is 1210. The van der Waals surface area contributed by atoms with E-state index in [1.807, 2.05) is 54.4 Å². The molecule has 0 saturated carbocycles. The van der Waals surface area contributed by atoms with E-state index < -0.39 is 11.6 Å². The molecule has 1 heterocycles. The second-order valence-corrected chi connectivity index (χ2v) is 8.31. The minimum absolute atomic E-state index is 0.0823. The zero-order valence-corrected chi connectivity index (χ0v) is 19.7. The normalized spacial score (nSPS) is 18.7. The Morgan fingerprint density at radius 2 is 1.91 bits per heavy atom. The minimum atomic E-state index is -0.601. The van der Waals surface area contributed by atoms with Crippen molar-refractivity contribution in [3.8, 4) is 0 Å². The van der Waals surface area contributed by atoms with E-state index in [2.05, 4.69) is 26.9 Å². The predicted octanol–water partition coefficient (Wildman–Crippen LogP) is 4.43. The summed E-state index contributed by atoms with van der Waals surface area (Å²) >= 11 is 0. The van der Waals surface area contributed by atoms with Crippen LogP contribution < -0.4 is 10.2 Å². The van der Waals surface area contributed by atoms with E-state index in [1.54, 1.807) is 6.20 Å². The maximum atomic E-state index is 15.3. The monoisotopic (exact) mass is 477 g/mol. The number of hydrogen-bond acceptors (Lipinski definition) is 6. The number of piperazine rings is 1.